The average Bonchev–Trinajstić information content (AvgIpc) is 2.54. The number of hydrogen-bond acceptors (Lipinski definition) is 5. The number of ether oxygens (including phenoxy) is 2. The molecular weight excluding hydrogens is 428 g/mol. The summed E-state index contributed by atoms with van der Waals surface area (Å²) in [4.78, 5) is 10.9. The molecule has 1 fully saturated rings. The summed E-state index contributed by atoms with van der Waals surface area (Å²) in [7, 11) is -4.04. The third-order valence-electron chi connectivity index (χ3n) is 7.28. The highest BCUT2D eigenvalue weighted by molar-refractivity contribution is 6.74. The summed E-state index contributed by atoms with van der Waals surface area (Å²) in [6.07, 6.45) is 0.0864. The van der Waals surface area contributed by atoms with Crippen LogP contribution in [0.5, 0.6) is 0 Å². The molecule has 1 rings (SSSR count). The smallest absolute Gasteiger partial charge is 0.303 e. The molecule has 0 aromatic carbocycles. The van der Waals surface area contributed by atoms with Gasteiger partial charge in [-0.1, -0.05) is 41.5 Å². The highest BCUT2D eigenvalue weighted by Gasteiger charge is 2.48. The summed E-state index contributed by atoms with van der Waals surface area (Å²) in [6, 6.07) is 0. The minimum atomic E-state index is -2.07. The van der Waals surface area contributed by atoms with Crippen molar-refractivity contribution in [3.8, 4) is 0 Å². The third kappa shape index (κ3) is 8.23. The van der Waals surface area contributed by atoms with Crippen molar-refractivity contribution in [2.24, 2.45) is 0 Å². The number of rotatable bonds is 9. The van der Waals surface area contributed by atoms with Gasteiger partial charge in [-0.2, -0.15) is 0 Å². The lowest BCUT2D eigenvalue weighted by Gasteiger charge is -2.48. The summed E-state index contributed by atoms with van der Waals surface area (Å²) < 4.78 is 26.0. The lowest BCUT2D eigenvalue weighted by Crippen LogP contribution is -2.57. The van der Waals surface area contributed by atoms with E-state index < -0.39 is 28.9 Å². The van der Waals surface area contributed by atoms with Crippen LogP contribution in [0.25, 0.3) is 0 Å². The van der Waals surface area contributed by atoms with Gasteiger partial charge in [0.2, 0.25) is 0 Å². The Kier molecular flexibility index (Phi) is 9.60. The maximum Gasteiger partial charge on any atom is 0.303 e. The van der Waals surface area contributed by atoms with Crippen molar-refractivity contribution < 1.29 is 28.2 Å². The molecule has 0 bridgehead atoms. The molecule has 0 spiro atoms. The lowest BCUT2D eigenvalue weighted by molar-refractivity contribution is -0.268. The number of carbonyl (C=O) groups is 1. The van der Waals surface area contributed by atoms with Crippen LogP contribution in [0, 0.1) is 0 Å². The molecule has 0 aliphatic carbocycles. The molecule has 1 aliphatic heterocycles. The van der Waals surface area contributed by atoms with Gasteiger partial charge < -0.3 is 23.4 Å². The van der Waals surface area contributed by atoms with Gasteiger partial charge in [0.05, 0.1) is 24.4 Å². The summed E-state index contributed by atoms with van der Waals surface area (Å²) in [5, 5.41) is 9.17. The quantitative estimate of drug-likeness (QED) is 0.401. The molecule has 8 heteroatoms. The SMILES string of the molecule is CC(CCC(=O)O)O[C@@H]1O[C@@H](C)[C@H](O[Si](C)(C)C(C)(C)C)C[C@H]1O[Si](C)(C)C(C)(C)C. The molecule has 1 heterocycles. The van der Waals surface area contributed by atoms with E-state index in [1.807, 2.05) is 13.8 Å². The van der Waals surface area contributed by atoms with Gasteiger partial charge in [0.1, 0.15) is 0 Å². The van der Waals surface area contributed by atoms with Crippen LogP contribution in [0.2, 0.25) is 36.3 Å². The van der Waals surface area contributed by atoms with E-state index in [-0.39, 0.29) is 40.9 Å². The predicted octanol–water partition coefficient (Wildman–Crippen LogP) is 6.17. The minimum absolute atomic E-state index is 0.0511. The Morgan fingerprint density at radius 2 is 1.45 bits per heavy atom. The monoisotopic (exact) mass is 476 g/mol. The van der Waals surface area contributed by atoms with Crippen LogP contribution in [-0.2, 0) is 23.1 Å². The summed E-state index contributed by atoms with van der Waals surface area (Å²) >= 11 is 0. The van der Waals surface area contributed by atoms with Crippen LogP contribution in [0.15, 0.2) is 0 Å². The second-order valence-corrected chi connectivity index (χ2v) is 21.7. The fourth-order valence-corrected chi connectivity index (χ4v) is 5.74. The number of carboxylic acids is 1. The lowest BCUT2D eigenvalue weighted by atomic mass is 10.0. The van der Waals surface area contributed by atoms with E-state index in [2.05, 4.69) is 67.7 Å². The van der Waals surface area contributed by atoms with Gasteiger partial charge in [-0.25, -0.2) is 0 Å². The van der Waals surface area contributed by atoms with Crippen LogP contribution in [-0.4, -0.2) is 58.4 Å². The van der Waals surface area contributed by atoms with Gasteiger partial charge in [-0.05, 0) is 56.5 Å². The van der Waals surface area contributed by atoms with Crippen LogP contribution >= 0.6 is 0 Å². The Morgan fingerprint density at radius 3 is 1.87 bits per heavy atom. The Balaban J connectivity index is 3.06. The second-order valence-electron chi connectivity index (χ2n) is 12.2. The fourth-order valence-electron chi connectivity index (χ4n) is 3.02. The molecule has 1 saturated heterocycles. The van der Waals surface area contributed by atoms with Crippen molar-refractivity contribution in [1.82, 2.24) is 0 Å². The van der Waals surface area contributed by atoms with E-state index in [0.29, 0.717) is 6.42 Å². The maximum atomic E-state index is 10.9. The third-order valence-corrected chi connectivity index (χ3v) is 16.3. The molecule has 1 unspecified atom stereocenters. The zero-order chi connectivity index (χ0) is 24.4. The molecule has 1 aliphatic rings. The van der Waals surface area contributed by atoms with Crippen molar-refractivity contribution in [2.75, 3.05) is 0 Å². The van der Waals surface area contributed by atoms with E-state index in [4.69, 9.17) is 23.4 Å². The molecule has 0 aromatic heterocycles. The molecule has 6 nitrogen and oxygen atoms in total. The first-order valence-corrected chi connectivity index (χ1v) is 17.5. The van der Waals surface area contributed by atoms with E-state index in [0.717, 1.165) is 6.42 Å². The fraction of sp³-hybridized carbons (Fsp3) is 0.957. The first-order chi connectivity index (χ1) is 13.8. The number of aliphatic carboxylic acids is 1. The first-order valence-electron chi connectivity index (χ1n) is 11.6. The Bertz CT molecular complexity index is 594. The first kappa shape index (κ1) is 28.8. The van der Waals surface area contributed by atoms with Crippen LogP contribution in [0.1, 0.15) is 74.7 Å². The molecule has 184 valence electrons. The largest absolute Gasteiger partial charge is 0.481 e. The molecule has 0 radical (unpaired) electrons. The standard InChI is InChI=1S/C23H48O6Si2/c1-16(13-14-20(24)25)26-21-19(29-31(11,12)23(6,7)8)15-18(17(2)27-21)28-30(9,10)22(3,4)5/h16-19,21H,13-15H2,1-12H3,(H,24,25)/t16?,17-,18+,19+,21+/m0/s1. The van der Waals surface area contributed by atoms with Gasteiger partial charge in [-0.3, -0.25) is 4.79 Å². The van der Waals surface area contributed by atoms with E-state index in [9.17, 15) is 4.79 Å². The van der Waals surface area contributed by atoms with Crippen molar-refractivity contribution >= 4 is 22.6 Å². The molecule has 31 heavy (non-hydrogen) atoms. The predicted molar refractivity (Wildman–Crippen MR) is 131 cm³/mol. The second kappa shape index (κ2) is 10.3. The van der Waals surface area contributed by atoms with Crippen molar-refractivity contribution in [3.63, 3.8) is 0 Å². The Hall–Kier alpha value is -0.256. The van der Waals surface area contributed by atoms with E-state index >= 15 is 0 Å². The molecule has 5 atom stereocenters. The zero-order valence-corrected chi connectivity index (χ0v) is 24.0. The molecule has 0 aromatic rings. The normalized spacial score (nSPS) is 27.2. The summed E-state index contributed by atoms with van der Waals surface area (Å²) in [5.74, 6) is -0.815. The van der Waals surface area contributed by atoms with Gasteiger partial charge >= 0.3 is 5.97 Å². The highest BCUT2D eigenvalue weighted by atomic mass is 28.4. The van der Waals surface area contributed by atoms with Gasteiger partial charge in [-0.15, -0.1) is 0 Å². The van der Waals surface area contributed by atoms with Crippen molar-refractivity contribution in [3.05, 3.63) is 0 Å². The van der Waals surface area contributed by atoms with Crippen molar-refractivity contribution in [1.29, 1.82) is 0 Å². The minimum Gasteiger partial charge on any atom is -0.481 e. The summed E-state index contributed by atoms with van der Waals surface area (Å²) in [6.45, 7) is 26.3. The zero-order valence-electron chi connectivity index (χ0n) is 22.0. The van der Waals surface area contributed by atoms with Gasteiger partial charge in [0.15, 0.2) is 22.9 Å². The molecular formula is C23H48O6Si2. The van der Waals surface area contributed by atoms with E-state index in [1.54, 1.807) is 0 Å². The number of hydrogen-bond donors (Lipinski definition) is 1. The van der Waals surface area contributed by atoms with Gasteiger partial charge in [0.25, 0.3) is 0 Å². The average molecular weight is 477 g/mol. The topological polar surface area (TPSA) is 74.2 Å². The number of carboxylic acid groups (broad SMARTS) is 1. The van der Waals surface area contributed by atoms with Crippen LogP contribution < -0.4 is 0 Å². The van der Waals surface area contributed by atoms with Crippen LogP contribution in [0.3, 0.4) is 0 Å². The molecule has 1 N–H and O–H groups in total. The van der Waals surface area contributed by atoms with E-state index in [1.165, 1.54) is 0 Å². The van der Waals surface area contributed by atoms with Gasteiger partial charge in [0, 0.05) is 12.8 Å². The molecule has 0 amide bonds. The maximum absolute atomic E-state index is 10.9. The summed E-state index contributed by atoms with van der Waals surface area (Å²) in [5.41, 5.74) is 0. The van der Waals surface area contributed by atoms with Crippen LogP contribution in [0.4, 0.5) is 0 Å². The molecule has 0 saturated carbocycles. The van der Waals surface area contributed by atoms with Crippen molar-refractivity contribution in [2.45, 2.75) is 142 Å². The highest BCUT2D eigenvalue weighted by Crippen LogP contribution is 2.42. The Labute approximate surface area is 192 Å². The Morgan fingerprint density at radius 1 is 1.00 bits per heavy atom.